The lowest BCUT2D eigenvalue weighted by atomic mass is 10.1. The minimum atomic E-state index is -0.483. The van der Waals surface area contributed by atoms with E-state index < -0.39 is 24.0 Å². The third-order valence-electron chi connectivity index (χ3n) is 1.71. The van der Waals surface area contributed by atoms with Gasteiger partial charge in [-0.2, -0.15) is 0 Å². The number of carbonyl (C=O) groups excluding carboxylic acids is 2. The lowest BCUT2D eigenvalue weighted by molar-refractivity contribution is -0.123. The third kappa shape index (κ3) is 1.60. The minimum Gasteiger partial charge on any atom is -0.444 e. The van der Waals surface area contributed by atoms with Crippen molar-refractivity contribution in [1.29, 1.82) is 0 Å². The smallest absolute Gasteiger partial charge is 0.407 e. The molecule has 0 aliphatic carbocycles. The minimum absolute atomic E-state index is 0.364. The third-order valence-corrected chi connectivity index (χ3v) is 1.71. The summed E-state index contributed by atoms with van der Waals surface area (Å²) in [6, 6.07) is 0. The highest BCUT2D eigenvalue weighted by atomic mass is 16.6. The molecule has 0 bridgehead atoms. The number of amides is 2. The fourth-order valence-electron chi connectivity index (χ4n) is 0.867. The van der Waals surface area contributed by atoms with Gasteiger partial charge in [-0.15, -0.1) is 0 Å². The number of nitrogens with one attached hydrogen (secondary N) is 1. The summed E-state index contributed by atoms with van der Waals surface area (Å²) in [6.45, 7) is 2.00. The Morgan fingerprint density at radius 1 is 1.91 bits per heavy atom. The van der Waals surface area contributed by atoms with Crippen LogP contribution in [-0.4, -0.2) is 24.6 Å². The quantitative estimate of drug-likeness (QED) is 0.553. The number of nitrogens with two attached hydrogens (primary N) is 1. The number of rotatable bonds is 2. The molecule has 1 fully saturated rings. The van der Waals surface area contributed by atoms with E-state index in [0.717, 1.165) is 0 Å². The van der Waals surface area contributed by atoms with Crippen LogP contribution in [0.4, 0.5) is 4.79 Å². The molecule has 0 radical (unpaired) electrons. The normalized spacial score (nSPS) is 25.5. The Bertz CT molecular complexity index is 192. The zero-order valence-electron chi connectivity index (χ0n) is 6.16. The first-order valence-corrected chi connectivity index (χ1v) is 3.35. The Morgan fingerprint density at radius 3 is 2.91 bits per heavy atom. The van der Waals surface area contributed by atoms with Gasteiger partial charge in [0.05, 0.1) is 12.5 Å². The maximum absolute atomic E-state index is 10.6. The number of hydrogen-bond donors (Lipinski definition) is 2. The topological polar surface area (TPSA) is 81.4 Å². The van der Waals surface area contributed by atoms with Crippen molar-refractivity contribution in [3.05, 3.63) is 0 Å². The van der Waals surface area contributed by atoms with Crippen LogP contribution < -0.4 is 11.1 Å². The van der Waals surface area contributed by atoms with Gasteiger partial charge >= 0.3 is 6.09 Å². The number of ether oxygens (including phenoxy) is 1. The van der Waals surface area contributed by atoms with Crippen LogP contribution in [0.5, 0.6) is 0 Å². The Hall–Kier alpha value is -1.26. The van der Waals surface area contributed by atoms with Crippen LogP contribution in [-0.2, 0) is 9.53 Å². The zero-order valence-corrected chi connectivity index (χ0v) is 6.16. The van der Waals surface area contributed by atoms with Gasteiger partial charge in [-0.25, -0.2) is 4.79 Å². The first-order chi connectivity index (χ1) is 5.11. The average Bonchev–Trinajstić information content (AvgIpc) is 2.34. The molecule has 2 unspecified atom stereocenters. The first kappa shape index (κ1) is 7.84. The summed E-state index contributed by atoms with van der Waals surface area (Å²) in [5.41, 5.74) is 5.00. The van der Waals surface area contributed by atoms with Gasteiger partial charge in [0, 0.05) is 0 Å². The molecule has 0 spiro atoms. The van der Waals surface area contributed by atoms with Crippen molar-refractivity contribution < 1.29 is 14.3 Å². The van der Waals surface area contributed by atoms with Crippen LogP contribution in [0.3, 0.4) is 0 Å². The predicted octanol–water partition coefficient (Wildman–Crippen LogP) is -0.784. The largest absolute Gasteiger partial charge is 0.444 e. The zero-order chi connectivity index (χ0) is 8.43. The van der Waals surface area contributed by atoms with E-state index in [4.69, 9.17) is 10.5 Å². The lowest BCUT2D eigenvalue weighted by Gasteiger charge is -2.12. The van der Waals surface area contributed by atoms with Crippen molar-refractivity contribution in [3.8, 4) is 0 Å². The van der Waals surface area contributed by atoms with Gasteiger partial charge in [-0.1, -0.05) is 0 Å². The molecule has 0 saturated carbocycles. The summed E-state index contributed by atoms with van der Waals surface area (Å²) < 4.78 is 4.73. The van der Waals surface area contributed by atoms with Crippen LogP contribution in [0, 0.1) is 5.92 Å². The van der Waals surface area contributed by atoms with Gasteiger partial charge in [0.25, 0.3) is 0 Å². The standard InChI is InChI=1S/C6H10N2O3/c1-3(5(7)9)4-2-8-6(10)11-4/h3-4H,2H2,1H3,(H2,7,9)(H,8,10). The maximum atomic E-state index is 10.6. The maximum Gasteiger partial charge on any atom is 0.407 e. The molecular formula is C6H10N2O3. The molecule has 11 heavy (non-hydrogen) atoms. The highest BCUT2D eigenvalue weighted by Crippen LogP contribution is 2.10. The molecule has 5 nitrogen and oxygen atoms in total. The fraction of sp³-hybridized carbons (Fsp3) is 0.667. The highest BCUT2D eigenvalue weighted by Gasteiger charge is 2.30. The van der Waals surface area contributed by atoms with E-state index in [-0.39, 0.29) is 0 Å². The SMILES string of the molecule is CC(C(N)=O)C1CNC(=O)O1. The second kappa shape index (κ2) is 2.77. The Morgan fingerprint density at radius 2 is 2.55 bits per heavy atom. The van der Waals surface area contributed by atoms with Crippen molar-refractivity contribution in [2.75, 3.05) is 6.54 Å². The number of primary amides is 1. The van der Waals surface area contributed by atoms with Crippen molar-refractivity contribution in [1.82, 2.24) is 5.32 Å². The Balaban J connectivity index is 2.49. The van der Waals surface area contributed by atoms with E-state index in [2.05, 4.69) is 5.32 Å². The molecule has 1 aliphatic heterocycles. The van der Waals surface area contributed by atoms with Crippen molar-refractivity contribution in [2.24, 2.45) is 11.7 Å². The molecule has 1 rings (SSSR count). The summed E-state index contributed by atoms with van der Waals surface area (Å²) in [7, 11) is 0. The van der Waals surface area contributed by atoms with Gasteiger partial charge in [0.1, 0.15) is 6.10 Å². The van der Waals surface area contributed by atoms with Gasteiger partial charge in [-0.05, 0) is 6.92 Å². The van der Waals surface area contributed by atoms with E-state index in [0.29, 0.717) is 6.54 Å². The van der Waals surface area contributed by atoms with Crippen molar-refractivity contribution in [2.45, 2.75) is 13.0 Å². The van der Waals surface area contributed by atoms with E-state index in [9.17, 15) is 9.59 Å². The molecule has 0 aromatic heterocycles. The molecule has 0 aromatic carbocycles. The van der Waals surface area contributed by atoms with Crippen molar-refractivity contribution in [3.63, 3.8) is 0 Å². The molecular weight excluding hydrogens is 148 g/mol. The van der Waals surface area contributed by atoms with Crippen LogP contribution in [0.1, 0.15) is 6.92 Å². The van der Waals surface area contributed by atoms with E-state index in [1.54, 1.807) is 6.92 Å². The molecule has 1 heterocycles. The Labute approximate surface area is 63.9 Å². The summed E-state index contributed by atoms with van der Waals surface area (Å²) in [5.74, 6) is -0.875. The van der Waals surface area contributed by atoms with Crippen LogP contribution >= 0.6 is 0 Å². The molecule has 5 heteroatoms. The number of hydrogen-bond acceptors (Lipinski definition) is 3. The Kier molecular flexibility index (Phi) is 1.98. The number of alkyl carbamates (subject to hydrolysis) is 1. The average molecular weight is 158 g/mol. The van der Waals surface area contributed by atoms with Gasteiger partial charge in [-0.3, -0.25) is 4.79 Å². The molecule has 1 saturated heterocycles. The molecule has 62 valence electrons. The highest BCUT2D eigenvalue weighted by molar-refractivity contribution is 5.78. The summed E-state index contributed by atoms with van der Waals surface area (Å²) >= 11 is 0. The predicted molar refractivity (Wildman–Crippen MR) is 36.6 cm³/mol. The van der Waals surface area contributed by atoms with Crippen LogP contribution in [0.15, 0.2) is 0 Å². The number of carbonyl (C=O) groups is 2. The monoisotopic (exact) mass is 158 g/mol. The van der Waals surface area contributed by atoms with Crippen molar-refractivity contribution >= 4 is 12.0 Å². The second-order valence-corrected chi connectivity index (χ2v) is 2.52. The summed E-state index contributed by atoms with van der Waals surface area (Å²) in [5, 5.41) is 2.44. The molecule has 0 aromatic rings. The van der Waals surface area contributed by atoms with E-state index >= 15 is 0 Å². The fourth-order valence-corrected chi connectivity index (χ4v) is 0.867. The molecule has 3 N–H and O–H groups in total. The van der Waals surface area contributed by atoms with E-state index in [1.807, 2.05) is 0 Å². The summed E-state index contributed by atoms with van der Waals surface area (Å²) in [6.07, 6.45) is -0.886. The lowest BCUT2D eigenvalue weighted by Crippen LogP contribution is -2.33. The van der Waals surface area contributed by atoms with Gasteiger partial charge in [0.15, 0.2) is 0 Å². The van der Waals surface area contributed by atoms with Gasteiger partial charge < -0.3 is 15.8 Å². The number of cyclic esters (lactones) is 1. The van der Waals surface area contributed by atoms with E-state index in [1.165, 1.54) is 0 Å². The molecule has 2 amide bonds. The molecule has 2 atom stereocenters. The second-order valence-electron chi connectivity index (χ2n) is 2.52. The molecule has 1 aliphatic rings. The van der Waals surface area contributed by atoms with Gasteiger partial charge in [0.2, 0.25) is 5.91 Å². The summed E-state index contributed by atoms with van der Waals surface area (Å²) in [4.78, 5) is 21.1. The first-order valence-electron chi connectivity index (χ1n) is 3.35. The van der Waals surface area contributed by atoms with Crippen LogP contribution in [0.25, 0.3) is 0 Å². The van der Waals surface area contributed by atoms with Crippen LogP contribution in [0.2, 0.25) is 0 Å².